The summed E-state index contributed by atoms with van der Waals surface area (Å²) in [5.41, 5.74) is 4.53. The van der Waals surface area contributed by atoms with E-state index in [1.54, 1.807) is 25.4 Å². The third-order valence-electron chi connectivity index (χ3n) is 8.51. The standard InChI is InChI=1S/C31H30ClN3O4/c1-18(19-6-8-20(9-7-19)21-4-3-5-24(12-21)39-2)35-28-25(10-11-27(32)26(28)17-33-35)29(36)34-23-15-31(16-23)13-22(14-31)30(37)38/h3-12,17-18,22-23H,13-16H2,1-2H3,(H,34,36)(H,37,38)/t18-,22?,23?,31?/m0/s1. The van der Waals surface area contributed by atoms with Gasteiger partial charge in [-0.15, -0.1) is 0 Å². The van der Waals surface area contributed by atoms with Crippen molar-refractivity contribution in [2.75, 3.05) is 7.11 Å². The zero-order valence-corrected chi connectivity index (χ0v) is 22.6. The monoisotopic (exact) mass is 543 g/mol. The van der Waals surface area contributed by atoms with E-state index >= 15 is 0 Å². The number of halogens is 1. The zero-order chi connectivity index (χ0) is 27.3. The van der Waals surface area contributed by atoms with Gasteiger partial charge < -0.3 is 15.2 Å². The van der Waals surface area contributed by atoms with Crippen molar-refractivity contribution in [1.82, 2.24) is 15.1 Å². The van der Waals surface area contributed by atoms with Gasteiger partial charge in [-0.1, -0.05) is 48.0 Å². The van der Waals surface area contributed by atoms with E-state index in [0.717, 1.165) is 40.7 Å². The van der Waals surface area contributed by atoms with Crippen molar-refractivity contribution in [2.24, 2.45) is 11.3 Å². The molecule has 0 radical (unpaired) electrons. The van der Waals surface area contributed by atoms with E-state index in [4.69, 9.17) is 16.3 Å². The van der Waals surface area contributed by atoms with E-state index in [2.05, 4.69) is 41.6 Å². The summed E-state index contributed by atoms with van der Waals surface area (Å²) in [5, 5.41) is 18.3. The maximum atomic E-state index is 13.4. The zero-order valence-electron chi connectivity index (χ0n) is 21.9. The lowest BCUT2D eigenvalue weighted by atomic mass is 9.50. The molecule has 2 N–H and O–H groups in total. The Morgan fingerprint density at radius 1 is 1.08 bits per heavy atom. The molecule has 2 aliphatic rings. The summed E-state index contributed by atoms with van der Waals surface area (Å²) in [7, 11) is 1.66. The molecule has 7 nitrogen and oxygen atoms in total. The quantitative estimate of drug-likeness (QED) is 0.283. The van der Waals surface area contributed by atoms with Crippen LogP contribution in [-0.4, -0.2) is 39.9 Å². The number of methoxy groups -OCH3 is 1. The molecular formula is C31H30ClN3O4. The number of amides is 1. The van der Waals surface area contributed by atoms with Crippen molar-refractivity contribution in [3.05, 3.63) is 83.0 Å². The number of nitrogens with zero attached hydrogens (tertiary/aromatic N) is 2. The molecule has 39 heavy (non-hydrogen) atoms. The third kappa shape index (κ3) is 4.55. The van der Waals surface area contributed by atoms with Crippen molar-refractivity contribution in [3.63, 3.8) is 0 Å². The SMILES string of the molecule is COc1cccc(-c2ccc([C@H](C)n3ncc4c(Cl)ccc(C(=O)NC5CC6(C5)CC(C(=O)O)C6)c43)cc2)c1. The van der Waals surface area contributed by atoms with E-state index in [1.807, 2.05) is 28.9 Å². The van der Waals surface area contributed by atoms with Gasteiger partial charge in [-0.05, 0) is 79.0 Å². The molecule has 1 aromatic heterocycles. The number of hydrogen-bond donors (Lipinski definition) is 2. The van der Waals surface area contributed by atoms with Crippen LogP contribution in [0.15, 0.2) is 66.9 Å². The number of aromatic nitrogens is 2. The molecule has 0 bridgehead atoms. The van der Waals surface area contributed by atoms with Crippen LogP contribution in [0.2, 0.25) is 5.02 Å². The molecular weight excluding hydrogens is 514 g/mol. The van der Waals surface area contributed by atoms with E-state index in [-0.39, 0.29) is 29.3 Å². The van der Waals surface area contributed by atoms with Gasteiger partial charge >= 0.3 is 5.97 Å². The first-order chi connectivity index (χ1) is 18.8. The summed E-state index contributed by atoms with van der Waals surface area (Å²) in [6.07, 6.45) is 4.79. The molecule has 2 fully saturated rings. The molecule has 0 aliphatic heterocycles. The molecule has 6 rings (SSSR count). The Kier molecular flexibility index (Phi) is 6.34. The summed E-state index contributed by atoms with van der Waals surface area (Å²) >= 11 is 6.51. The largest absolute Gasteiger partial charge is 0.497 e. The minimum atomic E-state index is -0.714. The molecule has 1 heterocycles. The van der Waals surface area contributed by atoms with Crippen LogP contribution in [0, 0.1) is 11.3 Å². The number of ether oxygens (including phenoxy) is 1. The van der Waals surface area contributed by atoms with E-state index in [9.17, 15) is 14.7 Å². The van der Waals surface area contributed by atoms with Gasteiger partial charge in [0.05, 0.1) is 41.4 Å². The highest BCUT2D eigenvalue weighted by Crippen LogP contribution is 2.58. The van der Waals surface area contributed by atoms with Crippen LogP contribution in [0.1, 0.15) is 54.6 Å². The van der Waals surface area contributed by atoms with Gasteiger partial charge in [0.2, 0.25) is 0 Å². The molecule has 1 spiro atoms. The summed E-state index contributed by atoms with van der Waals surface area (Å²) in [4.78, 5) is 24.6. The summed E-state index contributed by atoms with van der Waals surface area (Å²) in [6.45, 7) is 2.06. The lowest BCUT2D eigenvalue weighted by molar-refractivity contribution is -0.155. The molecule has 4 aromatic rings. The number of carboxylic acids is 1. The Balaban J connectivity index is 1.22. The highest BCUT2D eigenvalue weighted by molar-refractivity contribution is 6.36. The second kappa shape index (κ2) is 9.72. The van der Waals surface area contributed by atoms with Crippen LogP contribution >= 0.6 is 11.6 Å². The van der Waals surface area contributed by atoms with Gasteiger partial charge in [-0.25, -0.2) is 0 Å². The van der Waals surface area contributed by atoms with Crippen molar-refractivity contribution in [3.8, 4) is 16.9 Å². The molecule has 8 heteroatoms. The van der Waals surface area contributed by atoms with Crippen LogP contribution in [0.4, 0.5) is 0 Å². The van der Waals surface area contributed by atoms with Crippen molar-refractivity contribution in [1.29, 1.82) is 0 Å². The van der Waals surface area contributed by atoms with Gasteiger partial charge in [0.25, 0.3) is 5.91 Å². The Morgan fingerprint density at radius 3 is 2.51 bits per heavy atom. The fourth-order valence-corrected chi connectivity index (χ4v) is 6.55. The predicted molar refractivity (Wildman–Crippen MR) is 150 cm³/mol. The number of carbonyl (C=O) groups is 2. The Morgan fingerprint density at radius 2 is 1.82 bits per heavy atom. The molecule has 2 aliphatic carbocycles. The van der Waals surface area contributed by atoms with E-state index in [1.165, 1.54) is 0 Å². The summed E-state index contributed by atoms with van der Waals surface area (Å²) < 4.78 is 7.22. The topological polar surface area (TPSA) is 93.5 Å². The number of nitrogens with one attached hydrogen (secondary N) is 1. The Hall–Kier alpha value is -3.84. The lowest BCUT2D eigenvalue weighted by Gasteiger charge is -2.56. The maximum absolute atomic E-state index is 13.4. The number of rotatable bonds is 7. The molecule has 1 atom stereocenters. The average Bonchev–Trinajstić information content (AvgIpc) is 3.35. The van der Waals surface area contributed by atoms with Gasteiger partial charge in [-0.2, -0.15) is 5.10 Å². The first-order valence-corrected chi connectivity index (χ1v) is 13.6. The maximum Gasteiger partial charge on any atom is 0.306 e. The van der Waals surface area contributed by atoms with Crippen LogP contribution in [0.3, 0.4) is 0 Å². The average molecular weight is 544 g/mol. The van der Waals surface area contributed by atoms with Crippen LogP contribution in [-0.2, 0) is 4.79 Å². The van der Waals surface area contributed by atoms with Gasteiger partial charge in [-0.3, -0.25) is 14.3 Å². The lowest BCUT2D eigenvalue weighted by Crippen LogP contribution is -2.57. The number of benzene rings is 3. The number of hydrogen-bond acceptors (Lipinski definition) is 4. The number of aliphatic carboxylic acids is 1. The third-order valence-corrected chi connectivity index (χ3v) is 8.84. The molecule has 3 aromatic carbocycles. The second-order valence-corrected chi connectivity index (χ2v) is 11.4. The summed E-state index contributed by atoms with van der Waals surface area (Å²) in [5.74, 6) is -0.301. The van der Waals surface area contributed by atoms with E-state index in [0.29, 0.717) is 28.9 Å². The van der Waals surface area contributed by atoms with Crippen LogP contribution in [0.5, 0.6) is 5.75 Å². The van der Waals surface area contributed by atoms with Crippen molar-refractivity contribution >= 4 is 34.4 Å². The Bertz CT molecular complexity index is 1560. The summed E-state index contributed by atoms with van der Waals surface area (Å²) in [6, 6.07) is 19.7. The van der Waals surface area contributed by atoms with E-state index < -0.39 is 5.97 Å². The van der Waals surface area contributed by atoms with Crippen LogP contribution < -0.4 is 10.1 Å². The Labute approximate surface area is 231 Å². The fourth-order valence-electron chi connectivity index (χ4n) is 6.35. The second-order valence-electron chi connectivity index (χ2n) is 11.0. The first-order valence-electron chi connectivity index (χ1n) is 13.2. The highest BCUT2D eigenvalue weighted by Gasteiger charge is 2.55. The van der Waals surface area contributed by atoms with Gasteiger partial charge in [0, 0.05) is 11.4 Å². The smallest absolute Gasteiger partial charge is 0.306 e. The van der Waals surface area contributed by atoms with Gasteiger partial charge in [0.1, 0.15) is 5.75 Å². The minimum Gasteiger partial charge on any atom is -0.497 e. The fraction of sp³-hybridized carbons (Fsp3) is 0.323. The minimum absolute atomic E-state index is 0.0518. The normalized spacial score (nSPS) is 22.6. The van der Waals surface area contributed by atoms with Crippen LogP contribution in [0.25, 0.3) is 22.0 Å². The predicted octanol–water partition coefficient (Wildman–Crippen LogP) is 6.35. The number of fused-ring (bicyclic) bond motifs is 1. The molecule has 0 unspecified atom stereocenters. The van der Waals surface area contributed by atoms with Crippen molar-refractivity contribution in [2.45, 2.75) is 44.7 Å². The number of carboxylic acid groups (broad SMARTS) is 1. The van der Waals surface area contributed by atoms with Crippen molar-refractivity contribution < 1.29 is 19.4 Å². The molecule has 2 saturated carbocycles. The highest BCUT2D eigenvalue weighted by atomic mass is 35.5. The molecule has 200 valence electrons. The molecule has 1 amide bonds. The first kappa shape index (κ1) is 25.4. The molecule has 0 saturated heterocycles. The number of carbonyl (C=O) groups excluding carboxylic acids is 1. The van der Waals surface area contributed by atoms with Gasteiger partial charge in [0.15, 0.2) is 0 Å².